The van der Waals surface area contributed by atoms with E-state index in [9.17, 15) is 9.18 Å². The fraction of sp³-hybridized carbons (Fsp3) is 0.0714. The summed E-state index contributed by atoms with van der Waals surface area (Å²) in [4.78, 5) is 12.2. The fourth-order valence-corrected chi connectivity index (χ4v) is 2.80. The lowest BCUT2D eigenvalue weighted by Gasteiger charge is -2.04. The molecule has 0 radical (unpaired) electrons. The molecular weight excluding hydrogens is 337 g/mol. The molecule has 0 fully saturated rings. The first kappa shape index (κ1) is 15.4. The number of nitrogens with two attached hydrogens (primary N) is 1. The molecule has 23 heavy (non-hydrogen) atoms. The topological polar surface area (TPSA) is 77.9 Å². The molecule has 0 atom stereocenters. The Morgan fingerprint density at radius 1 is 1.35 bits per heavy atom. The zero-order chi connectivity index (χ0) is 16.4. The summed E-state index contributed by atoms with van der Waals surface area (Å²) in [7, 11) is 0. The number of rotatable bonds is 5. The largest absolute Gasteiger partial charge is 0.366 e. The van der Waals surface area contributed by atoms with Gasteiger partial charge in [-0.25, -0.2) is 9.07 Å². The number of thiophene rings is 1. The molecule has 0 amide bonds. The van der Waals surface area contributed by atoms with E-state index in [1.54, 1.807) is 0 Å². The number of carbonyl (C=O) groups excluding carboxylic acids is 1. The summed E-state index contributed by atoms with van der Waals surface area (Å²) in [6, 6.07) is 9.06. The lowest BCUT2D eigenvalue weighted by atomic mass is 10.1. The monoisotopic (exact) mass is 349 g/mol. The zero-order valence-electron chi connectivity index (χ0n) is 11.8. The van der Waals surface area contributed by atoms with Crippen molar-refractivity contribution in [3.63, 3.8) is 0 Å². The van der Waals surface area contributed by atoms with E-state index in [2.05, 4.69) is 10.5 Å². The number of carbonyl (C=O) groups is 1. The van der Waals surface area contributed by atoms with E-state index in [1.807, 2.05) is 17.5 Å². The number of nitrogens with one attached hydrogen (secondary N) is 1. The summed E-state index contributed by atoms with van der Waals surface area (Å²) in [5, 5.41) is 6.83. The third-order valence-corrected chi connectivity index (χ3v) is 4.23. The van der Waals surface area contributed by atoms with Crippen LogP contribution in [-0.4, -0.2) is 20.2 Å². The van der Waals surface area contributed by atoms with Crippen molar-refractivity contribution in [3.05, 3.63) is 57.9 Å². The van der Waals surface area contributed by atoms with Crippen LogP contribution >= 0.6 is 23.6 Å². The molecule has 118 valence electrons. The van der Waals surface area contributed by atoms with Gasteiger partial charge < -0.3 is 5.73 Å². The number of nitrogens with zero attached hydrogens (tertiary/aromatic N) is 3. The van der Waals surface area contributed by atoms with Crippen LogP contribution in [-0.2, 0) is 6.54 Å². The molecule has 0 aliphatic rings. The Kier molecular flexibility index (Phi) is 4.22. The molecule has 0 saturated heterocycles. The molecule has 0 unspecified atom stereocenters. The van der Waals surface area contributed by atoms with Gasteiger partial charge in [-0.05, 0) is 54.0 Å². The van der Waals surface area contributed by atoms with E-state index in [0.29, 0.717) is 5.56 Å². The van der Waals surface area contributed by atoms with Crippen molar-refractivity contribution in [3.8, 4) is 0 Å². The Morgan fingerprint density at radius 2 is 2.09 bits per heavy atom. The van der Waals surface area contributed by atoms with Crippen LogP contribution in [0.15, 0.2) is 41.8 Å². The van der Waals surface area contributed by atoms with Gasteiger partial charge in [-0.15, -0.1) is 16.4 Å². The normalized spacial score (nSPS) is 10.7. The van der Waals surface area contributed by atoms with E-state index in [0.717, 1.165) is 5.00 Å². The van der Waals surface area contributed by atoms with Gasteiger partial charge in [-0.2, -0.15) is 4.68 Å². The van der Waals surface area contributed by atoms with Gasteiger partial charge in [0.15, 0.2) is 5.78 Å². The number of hydrogen-bond acceptors (Lipinski definition) is 6. The molecule has 6 nitrogen and oxygen atoms in total. The van der Waals surface area contributed by atoms with Crippen LogP contribution in [0.5, 0.6) is 0 Å². The van der Waals surface area contributed by atoms with Crippen molar-refractivity contribution in [2.45, 2.75) is 6.54 Å². The predicted octanol–water partition coefficient (Wildman–Crippen LogP) is 2.95. The minimum Gasteiger partial charge on any atom is -0.366 e. The highest BCUT2D eigenvalue weighted by Crippen LogP contribution is 2.17. The maximum Gasteiger partial charge on any atom is 0.240 e. The van der Waals surface area contributed by atoms with Crippen molar-refractivity contribution >= 4 is 40.3 Å². The Labute approximate surface area is 139 Å². The second-order valence-corrected chi connectivity index (χ2v) is 5.97. The summed E-state index contributed by atoms with van der Waals surface area (Å²) < 4.78 is 15.9. The number of halogens is 1. The predicted molar refractivity (Wildman–Crippen MR) is 89.5 cm³/mol. The van der Waals surface area contributed by atoms with Crippen molar-refractivity contribution in [2.24, 2.45) is 0 Å². The van der Waals surface area contributed by atoms with Gasteiger partial charge in [-0.3, -0.25) is 10.2 Å². The van der Waals surface area contributed by atoms with Crippen molar-refractivity contribution < 1.29 is 9.18 Å². The first-order valence-corrected chi connectivity index (χ1v) is 7.88. The smallest absolute Gasteiger partial charge is 0.240 e. The number of ketones is 1. The summed E-state index contributed by atoms with van der Waals surface area (Å²) >= 11 is 6.77. The molecule has 3 aromatic rings. The minimum atomic E-state index is -0.396. The number of nitrogen functional groups attached to an aromatic ring is 1. The molecule has 0 aliphatic carbocycles. The first-order chi connectivity index (χ1) is 11.0. The molecule has 0 aliphatic heterocycles. The second-order valence-electron chi connectivity index (χ2n) is 4.65. The lowest BCUT2D eigenvalue weighted by Crippen LogP contribution is -2.14. The average Bonchev–Trinajstić information content (AvgIpc) is 3.12. The number of Topliss-reactive ketones (excluding diaryl/α,β-unsaturated/α-hetero) is 1. The van der Waals surface area contributed by atoms with Gasteiger partial charge in [0.1, 0.15) is 17.4 Å². The van der Waals surface area contributed by atoms with Crippen LogP contribution in [0.1, 0.15) is 10.4 Å². The summed E-state index contributed by atoms with van der Waals surface area (Å²) in [6.07, 6.45) is 0. The maximum absolute atomic E-state index is 12.9. The average molecular weight is 349 g/mol. The third kappa shape index (κ3) is 3.30. The fourth-order valence-electron chi connectivity index (χ4n) is 1.95. The number of benzene rings is 1. The van der Waals surface area contributed by atoms with Crippen LogP contribution in [0.2, 0.25) is 0 Å². The highest BCUT2D eigenvalue weighted by molar-refractivity contribution is 7.71. The summed E-state index contributed by atoms with van der Waals surface area (Å²) in [5.74, 6) is -0.482. The van der Waals surface area contributed by atoms with Crippen molar-refractivity contribution in [1.29, 1.82) is 0 Å². The van der Waals surface area contributed by atoms with Crippen LogP contribution in [0.3, 0.4) is 0 Å². The van der Waals surface area contributed by atoms with E-state index >= 15 is 0 Å². The lowest BCUT2D eigenvalue weighted by molar-refractivity contribution is 0.0967. The molecule has 0 spiro atoms. The van der Waals surface area contributed by atoms with E-state index in [-0.39, 0.29) is 23.0 Å². The Morgan fingerprint density at radius 3 is 2.74 bits per heavy atom. The Bertz CT molecular complexity index is 883. The van der Waals surface area contributed by atoms with Gasteiger partial charge in [0, 0.05) is 5.56 Å². The number of hydrogen-bond donors (Lipinski definition) is 2. The number of anilines is 2. The maximum atomic E-state index is 12.9. The van der Waals surface area contributed by atoms with E-state index in [1.165, 1.54) is 45.0 Å². The SMILES string of the molecule is Nc1nn(CC(=O)c2ccc(F)cc2)c(=S)n1Nc1cccs1. The zero-order valence-corrected chi connectivity index (χ0v) is 13.4. The quantitative estimate of drug-likeness (QED) is 0.547. The molecular formula is C14H12FN5OS2. The molecule has 2 aromatic heterocycles. The van der Waals surface area contributed by atoms with Gasteiger partial charge in [0.2, 0.25) is 10.7 Å². The first-order valence-electron chi connectivity index (χ1n) is 6.59. The van der Waals surface area contributed by atoms with Crippen LogP contribution in [0.4, 0.5) is 15.3 Å². The minimum absolute atomic E-state index is 0.0756. The summed E-state index contributed by atoms with van der Waals surface area (Å²) in [6.45, 7) is -0.0756. The van der Waals surface area contributed by atoms with Crippen molar-refractivity contribution in [2.75, 3.05) is 11.2 Å². The van der Waals surface area contributed by atoms with E-state index in [4.69, 9.17) is 18.0 Å². The molecule has 3 N–H and O–H groups in total. The standard InChI is InChI=1S/C14H12FN5OS2/c15-10-5-3-9(4-6-10)11(21)8-19-14(22)20(13(16)18-19)17-12-2-1-7-23-12/h1-7,17H,8H2,(H2,16,18). The third-order valence-electron chi connectivity index (χ3n) is 3.07. The molecule has 3 rings (SSSR count). The second kappa shape index (κ2) is 6.31. The Balaban J connectivity index is 1.82. The van der Waals surface area contributed by atoms with Crippen LogP contribution < -0.4 is 11.2 Å². The van der Waals surface area contributed by atoms with Crippen molar-refractivity contribution in [1.82, 2.24) is 14.5 Å². The van der Waals surface area contributed by atoms with Gasteiger partial charge in [0.25, 0.3) is 0 Å². The van der Waals surface area contributed by atoms with Gasteiger partial charge in [0.05, 0.1) is 0 Å². The molecule has 9 heteroatoms. The highest BCUT2D eigenvalue weighted by Gasteiger charge is 2.13. The summed E-state index contributed by atoms with van der Waals surface area (Å²) in [5.41, 5.74) is 9.24. The molecule has 0 saturated carbocycles. The van der Waals surface area contributed by atoms with Gasteiger partial charge in [-0.1, -0.05) is 0 Å². The Hall–Kier alpha value is -2.52. The number of aromatic nitrogens is 3. The highest BCUT2D eigenvalue weighted by atomic mass is 32.1. The molecule has 2 heterocycles. The van der Waals surface area contributed by atoms with Crippen LogP contribution in [0.25, 0.3) is 0 Å². The van der Waals surface area contributed by atoms with E-state index < -0.39 is 5.82 Å². The van der Waals surface area contributed by atoms with Crippen LogP contribution in [0, 0.1) is 10.6 Å². The van der Waals surface area contributed by atoms with Gasteiger partial charge >= 0.3 is 0 Å². The molecule has 0 bridgehead atoms. The molecule has 1 aromatic carbocycles.